The molecule has 6 heteroatoms. The van der Waals surface area contributed by atoms with Gasteiger partial charge in [-0.05, 0) is 67.9 Å². The molecule has 0 spiro atoms. The lowest BCUT2D eigenvalue weighted by atomic mass is 9.99. The molecule has 1 aliphatic rings. The van der Waals surface area contributed by atoms with Crippen molar-refractivity contribution in [2.45, 2.75) is 44.9 Å². The molecule has 28 heavy (non-hydrogen) atoms. The molecule has 0 aliphatic heterocycles. The van der Waals surface area contributed by atoms with Crippen LogP contribution in [0.25, 0.3) is 11.1 Å². The quantitative estimate of drug-likeness (QED) is 0.694. The number of rotatable bonds is 4. The number of ether oxygens (including phenoxy) is 1. The lowest BCUT2D eigenvalue weighted by Gasteiger charge is -2.19. The van der Waals surface area contributed by atoms with Crippen molar-refractivity contribution in [2.75, 3.05) is 6.54 Å². The number of benzene rings is 2. The van der Waals surface area contributed by atoms with E-state index in [1.54, 1.807) is 0 Å². The van der Waals surface area contributed by atoms with Crippen LogP contribution in [0.4, 0.5) is 18.0 Å². The van der Waals surface area contributed by atoms with Gasteiger partial charge in [0.1, 0.15) is 5.60 Å². The van der Waals surface area contributed by atoms with E-state index in [0.717, 1.165) is 35.2 Å². The maximum Gasteiger partial charge on any atom is 0.416 e. The lowest BCUT2D eigenvalue weighted by molar-refractivity contribution is -0.137. The number of nitrogens with one attached hydrogen (secondary N) is 1. The topological polar surface area (TPSA) is 38.3 Å². The van der Waals surface area contributed by atoms with Crippen molar-refractivity contribution in [3.05, 3.63) is 59.7 Å². The molecule has 1 aliphatic carbocycles. The summed E-state index contributed by atoms with van der Waals surface area (Å²) < 4.78 is 43.4. The normalized spacial score (nSPS) is 19.2. The summed E-state index contributed by atoms with van der Waals surface area (Å²) in [4.78, 5) is 11.8. The van der Waals surface area contributed by atoms with Crippen molar-refractivity contribution in [1.29, 1.82) is 0 Å². The second-order valence-electron chi connectivity index (χ2n) is 8.19. The van der Waals surface area contributed by atoms with E-state index in [2.05, 4.69) is 5.32 Å². The molecule has 2 atom stereocenters. The lowest BCUT2D eigenvalue weighted by Crippen LogP contribution is -2.33. The second kappa shape index (κ2) is 7.49. The first-order valence-electron chi connectivity index (χ1n) is 9.27. The van der Waals surface area contributed by atoms with Crippen LogP contribution in [0.1, 0.15) is 44.2 Å². The van der Waals surface area contributed by atoms with Crippen molar-refractivity contribution in [3.8, 4) is 11.1 Å². The van der Waals surface area contributed by atoms with Crippen LogP contribution < -0.4 is 5.32 Å². The highest BCUT2D eigenvalue weighted by Crippen LogP contribution is 2.47. The summed E-state index contributed by atoms with van der Waals surface area (Å²) in [5, 5.41) is 2.80. The Hall–Kier alpha value is -2.50. The summed E-state index contributed by atoms with van der Waals surface area (Å²) >= 11 is 0. The van der Waals surface area contributed by atoms with E-state index in [-0.39, 0.29) is 0 Å². The highest BCUT2D eigenvalue weighted by Gasteiger charge is 2.38. The van der Waals surface area contributed by atoms with Crippen LogP contribution in [0.2, 0.25) is 0 Å². The molecule has 1 N–H and O–H groups in total. The summed E-state index contributed by atoms with van der Waals surface area (Å²) in [5.41, 5.74) is 1.59. The highest BCUT2D eigenvalue weighted by molar-refractivity contribution is 5.68. The molecule has 3 nitrogen and oxygen atoms in total. The zero-order valence-corrected chi connectivity index (χ0v) is 16.1. The molecule has 0 saturated heterocycles. The maximum atomic E-state index is 12.7. The molecule has 2 unspecified atom stereocenters. The fourth-order valence-corrected chi connectivity index (χ4v) is 3.21. The number of alkyl halides is 3. The summed E-state index contributed by atoms with van der Waals surface area (Å²) in [6.45, 7) is 6.00. The molecule has 2 aromatic rings. The zero-order valence-electron chi connectivity index (χ0n) is 16.1. The number of carbonyl (C=O) groups excluding carboxylic acids is 1. The minimum absolute atomic E-state index is 0.337. The Morgan fingerprint density at radius 2 is 1.75 bits per heavy atom. The molecule has 0 heterocycles. The van der Waals surface area contributed by atoms with E-state index < -0.39 is 23.4 Å². The largest absolute Gasteiger partial charge is 0.444 e. The summed E-state index contributed by atoms with van der Waals surface area (Å²) in [6, 6.07) is 13.0. The number of carbonyl (C=O) groups is 1. The fraction of sp³-hybridized carbons (Fsp3) is 0.409. The van der Waals surface area contributed by atoms with Gasteiger partial charge in [0.25, 0.3) is 0 Å². The van der Waals surface area contributed by atoms with Gasteiger partial charge in [0.2, 0.25) is 0 Å². The number of hydrogen-bond donors (Lipinski definition) is 1. The van der Waals surface area contributed by atoms with Gasteiger partial charge in [-0.3, -0.25) is 0 Å². The molecular formula is C22H24F3NO2. The van der Waals surface area contributed by atoms with Gasteiger partial charge in [-0.15, -0.1) is 0 Å². The van der Waals surface area contributed by atoms with Crippen LogP contribution in [-0.4, -0.2) is 18.2 Å². The van der Waals surface area contributed by atoms with Gasteiger partial charge in [-0.2, -0.15) is 13.2 Å². The zero-order chi connectivity index (χ0) is 20.5. The Morgan fingerprint density at radius 3 is 2.36 bits per heavy atom. The van der Waals surface area contributed by atoms with Crippen LogP contribution in [0.5, 0.6) is 0 Å². The van der Waals surface area contributed by atoms with Crippen LogP contribution in [0.3, 0.4) is 0 Å². The standard InChI is InChI=1S/C22H24F3NO2/c1-21(2,3)28-20(27)26-13-17-12-19(17)16-6-4-5-15(11-16)14-7-9-18(10-8-14)22(23,24)25/h4-11,17,19H,12-13H2,1-3H3,(H,26,27). The summed E-state index contributed by atoms with van der Waals surface area (Å²) in [7, 11) is 0. The molecule has 2 aromatic carbocycles. The summed E-state index contributed by atoms with van der Waals surface area (Å²) in [6.07, 6.45) is -3.79. The molecule has 1 amide bonds. The predicted molar refractivity (Wildman–Crippen MR) is 102 cm³/mol. The van der Waals surface area contributed by atoms with Crippen molar-refractivity contribution < 1.29 is 22.7 Å². The Balaban J connectivity index is 1.61. The molecule has 0 bridgehead atoms. The van der Waals surface area contributed by atoms with E-state index >= 15 is 0 Å². The van der Waals surface area contributed by atoms with Crippen molar-refractivity contribution >= 4 is 6.09 Å². The molecule has 1 fully saturated rings. The smallest absolute Gasteiger partial charge is 0.416 e. The van der Waals surface area contributed by atoms with Crippen LogP contribution >= 0.6 is 0 Å². The van der Waals surface area contributed by atoms with Crippen molar-refractivity contribution in [2.24, 2.45) is 5.92 Å². The predicted octanol–water partition coefficient (Wildman–Crippen LogP) is 6.00. The van der Waals surface area contributed by atoms with E-state index in [9.17, 15) is 18.0 Å². The molecule has 3 rings (SSSR count). The first-order valence-corrected chi connectivity index (χ1v) is 9.27. The number of amides is 1. The minimum atomic E-state index is -4.33. The van der Waals surface area contributed by atoms with Gasteiger partial charge >= 0.3 is 12.3 Å². The molecule has 0 radical (unpaired) electrons. The third-order valence-corrected chi connectivity index (χ3v) is 4.69. The monoisotopic (exact) mass is 391 g/mol. The molecule has 150 valence electrons. The molecule has 0 aromatic heterocycles. The number of alkyl carbamates (subject to hydrolysis) is 1. The summed E-state index contributed by atoms with van der Waals surface area (Å²) in [5.74, 6) is 0.680. The van der Waals surface area contributed by atoms with E-state index in [1.807, 2.05) is 45.0 Å². The number of halogens is 3. The molecule has 1 saturated carbocycles. The molecular weight excluding hydrogens is 367 g/mol. The van der Waals surface area contributed by atoms with Gasteiger partial charge in [0.05, 0.1) is 5.56 Å². The Kier molecular flexibility index (Phi) is 5.41. The third kappa shape index (κ3) is 5.27. The van der Waals surface area contributed by atoms with Crippen molar-refractivity contribution in [3.63, 3.8) is 0 Å². The van der Waals surface area contributed by atoms with Gasteiger partial charge in [0.15, 0.2) is 0 Å². The first-order chi connectivity index (χ1) is 13.0. The average Bonchev–Trinajstić information content (AvgIpc) is 3.38. The van der Waals surface area contributed by atoms with Gasteiger partial charge < -0.3 is 10.1 Å². The van der Waals surface area contributed by atoms with E-state index in [0.29, 0.717) is 18.4 Å². The highest BCUT2D eigenvalue weighted by atomic mass is 19.4. The Labute approximate surface area is 162 Å². The van der Waals surface area contributed by atoms with Crippen molar-refractivity contribution in [1.82, 2.24) is 5.32 Å². The van der Waals surface area contributed by atoms with Crippen LogP contribution in [0.15, 0.2) is 48.5 Å². The van der Waals surface area contributed by atoms with Gasteiger partial charge in [-0.25, -0.2) is 4.79 Å². The first kappa shape index (κ1) is 20.2. The number of hydrogen-bond acceptors (Lipinski definition) is 2. The maximum absolute atomic E-state index is 12.7. The average molecular weight is 391 g/mol. The van der Waals surface area contributed by atoms with Crippen LogP contribution in [0, 0.1) is 5.92 Å². The third-order valence-electron chi connectivity index (χ3n) is 4.69. The van der Waals surface area contributed by atoms with E-state index in [4.69, 9.17) is 4.74 Å². The van der Waals surface area contributed by atoms with E-state index in [1.165, 1.54) is 12.1 Å². The Morgan fingerprint density at radius 1 is 1.07 bits per heavy atom. The Bertz CT molecular complexity index is 838. The minimum Gasteiger partial charge on any atom is -0.444 e. The SMILES string of the molecule is CC(C)(C)OC(=O)NCC1CC1c1cccc(-c2ccc(C(F)(F)F)cc2)c1. The van der Waals surface area contributed by atoms with Gasteiger partial charge in [0, 0.05) is 6.54 Å². The second-order valence-corrected chi connectivity index (χ2v) is 8.19. The van der Waals surface area contributed by atoms with Gasteiger partial charge in [-0.1, -0.05) is 36.4 Å². The van der Waals surface area contributed by atoms with Crippen LogP contribution in [-0.2, 0) is 10.9 Å². The fourth-order valence-electron chi connectivity index (χ4n) is 3.21.